The molecule has 3 rings (SSSR count). The van der Waals surface area contributed by atoms with Crippen LogP contribution < -0.4 is 4.90 Å². The van der Waals surface area contributed by atoms with Crippen LogP contribution in [-0.2, 0) is 27.2 Å². The van der Waals surface area contributed by atoms with Gasteiger partial charge in [-0.25, -0.2) is 4.79 Å². The van der Waals surface area contributed by atoms with Crippen molar-refractivity contribution in [2.75, 3.05) is 4.90 Å². The second kappa shape index (κ2) is 8.90. The number of carbonyl (C=O) groups is 3. The largest absolute Gasteiger partial charge is 0.481 e. The van der Waals surface area contributed by atoms with E-state index in [1.807, 2.05) is 42.5 Å². The van der Waals surface area contributed by atoms with E-state index in [1.165, 1.54) is 4.90 Å². The number of nitrogens with zero attached hydrogens (tertiary/aromatic N) is 1. The normalized spacial score (nSPS) is 17.4. The van der Waals surface area contributed by atoms with Crippen molar-refractivity contribution in [3.63, 3.8) is 0 Å². The highest BCUT2D eigenvalue weighted by Gasteiger charge is 2.40. The first-order valence-corrected chi connectivity index (χ1v) is 9.79. The molecule has 6 nitrogen and oxygen atoms in total. The number of amides is 1. The summed E-state index contributed by atoms with van der Waals surface area (Å²) >= 11 is 0. The zero-order chi connectivity index (χ0) is 21.0. The zero-order valence-corrected chi connectivity index (χ0v) is 16.3. The van der Waals surface area contributed by atoms with Gasteiger partial charge in [0, 0.05) is 18.0 Å². The second-order valence-corrected chi connectivity index (χ2v) is 7.59. The number of rotatable bonds is 8. The number of anilines is 1. The maximum absolute atomic E-state index is 13.1. The Labute approximate surface area is 169 Å². The van der Waals surface area contributed by atoms with E-state index in [0.717, 1.165) is 11.1 Å². The fourth-order valence-electron chi connectivity index (χ4n) is 3.95. The SMILES string of the molecule is C[C@H](C[C@@H](CCc1ccccc1)C(=O)O)C(=O)N1c2ccccc2CC1C(=O)O. The van der Waals surface area contributed by atoms with Crippen LogP contribution in [0.4, 0.5) is 5.69 Å². The number of para-hydroxylation sites is 1. The Kier molecular flexibility index (Phi) is 6.32. The average molecular weight is 395 g/mol. The maximum Gasteiger partial charge on any atom is 0.327 e. The maximum atomic E-state index is 13.1. The number of benzene rings is 2. The molecule has 3 atom stereocenters. The Bertz CT molecular complexity index is 895. The van der Waals surface area contributed by atoms with Crippen LogP contribution >= 0.6 is 0 Å². The van der Waals surface area contributed by atoms with Crippen molar-refractivity contribution >= 4 is 23.5 Å². The molecule has 0 aliphatic carbocycles. The first-order chi connectivity index (χ1) is 13.9. The van der Waals surface area contributed by atoms with Crippen LogP contribution in [0.5, 0.6) is 0 Å². The number of fused-ring (bicyclic) bond motifs is 1. The second-order valence-electron chi connectivity index (χ2n) is 7.59. The van der Waals surface area contributed by atoms with Gasteiger partial charge in [-0.3, -0.25) is 14.5 Å². The number of carboxylic acid groups (broad SMARTS) is 2. The number of aryl methyl sites for hydroxylation is 1. The Morgan fingerprint density at radius 3 is 2.34 bits per heavy atom. The minimum atomic E-state index is -1.05. The van der Waals surface area contributed by atoms with E-state index in [0.29, 0.717) is 18.5 Å². The topological polar surface area (TPSA) is 94.9 Å². The van der Waals surface area contributed by atoms with Gasteiger partial charge in [0.1, 0.15) is 6.04 Å². The average Bonchev–Trinajstić information content (AvgIpc) is 3.10. The summed E-state index contributed by atoms with van der Waals surface area (Å²) in [5.41, 5.74) is 2.48. The van der Waals surface area contributed by atoms with Crippen molar-refractivity contribution in [2.45, 2.75) is 38.6 Å². The fraction of sp³-hybridized carbons (Fsp3) is 0.348. The quantitative estimate of drug-likeness (QED) is 0.714. The fourth-order valence-corrected chi connectivity index (χ4v) is 3.95. The molecule has 1 heterocycles. The number of carbonyl (C=O) groups excluding carboxylic acids is 1. The summed E-state index contributed by atoms with van der Waals surface area (Å²) in [6.07, 6.45) is 1.48. The Morgan fingerprint density at radius 2 is 1.69 bits per heavy atom. The van der Waals surface area contributed by atoms with Crippen LogP contribution in [-0.4, -0.2) is 34.1 Å². The number of carboxylic acids is 2. The summed E-state index contributed by atoms with van der Waals surface area (Å²) in [7, 11) is 0. The molecule has 2 aromatic rings. The van der Waals surface area contributed by atoms with Crippen LogP contribution in [0.15, 0.2) is 54.6 Å². The van der Waals surface area contributed by atoms with Gasteiger partial charge in [-0.1, -0.05) is 55.5 Å². The van der Waals surface area contributed by atoms with E-state index in [-0.39, 0.29) is 18.7 Å². The van der Waals surface area contributed by atoms with Gasteiger partial charge in [-0.05, 0) is 36.5 Å². The zero-order valence-electron chi connectivity index (χ0n) is 16.3. The van der Waals surface area contributed by atoms with E-state index < -0.39 is 29.8 Å². The van der Waals surface area contributed by atoms with Gasteiger partial charge >= 0.3 is 11.9 Å². The summed E-state index contributed by atoms with van der Waals surface area (Å²) in [5.74, 6) is -3.60. The molecule has 1 amide bonds. The summed E-state index contributed by atoms with van der Waals surface area (Å²) in [5, 5.41) is 19.2. The van der Waals surface area contributed by atoms with Crippen molar-refractivity contribution in [2.24, 2.45) is 11.8 Å². The lowest BCUT2D eigenvalue weighted by Gasteiger charge is -2.27. The van der Waals surface area contributed by atoms with Crippen LogP contribution in [0.1, 0.15) is 30.9 Å². The molecule has 0 bridgehead atoms. The van der Waals surface area contributed by atoms with Crippen LogP contribution in [0.2, 0.25) is 0 Å². The van der Waals surface area contributed by atoms with Gasteiger partial charge in [-0.15, -0.1) is 0 Å². The lowest BCUT2D eigenvalue weighted by Crippen LogP contribution is -2.45. The van der Waals surface area contributed by atoms with Gasteiger partial charge in [0.15, 0.2) is 0 Å². The molecule has 6 heteroatoms. The van der Waals surface area contributed by atoms with Crippen molar-refractivity contribution in [1.29, 1.82) is 0 Å². The molecule has 2 N–H and O–H groups in total. The number of hydrogen-bond donors (Lipinski definition) is 2. The highest BCUT2D eigenvalue weighted by atomic mass is 16.4. The van der Waals surface area contributed by atoms with Crippen molar-refractivity contribution in [3.8, 4) is 0 Å². The third-order valence-corrected chi connectivity index (χ3v) is 5.53. The molecule has 0 saturated carbocycles. The molecule has 29 heavy (non-hydrogen) atoms. The molecule has 0 radical (unpaired) electrons. The van der Waals surface area contributed by atoms with Crippen LogP contribution in [0, 0.1) is 11.8 Å². The molecule has 0 fully saturated rings. The van der Waals surface area contributed by atoms with E-state index in [2.05, 4.69) is 0 Å². The van der Waals surface area contributed by atoms with Gasteiger partial charge < -0.3 is 10.2 Å². The van der Waals surface area contributed by atoms with Gasteiger partial charge in [0.05, 0.1) is 5.92 Å². The third kappa shape index (κ3) is 4.65. The molecule has 0 spiro atoms. The van der Waals surface area contributed by atoms with Crippen LogP contribution in [0.25, 0.3) is 0 Å². The molecule has 1 aliphatic heterocycles. The lowest BCUT2D eigenvalue weighted by atomic mass is 9.89. The first kappa shape index (κ1) is 20.6. The Balaban J connectivity index is 1.72. The van der Waals surface area contributed by atoms with Gasteiger partial charge in [-0.2, -0.15) is 0 Å². The summed E-state index contributed by atoms with van der Waals surface area (Å²) in [6.45, 7) is 1.68. The van der Waals surface area contributed by atoms with Crippen molar-refractivity contribution in [1.82, 2.24) is 0 Å². The highest BCUT2D eigenvalue weighted by Crippen LogP contribution is 2.34. The molecule has 1 aliphatic rings. The van der Waals surface area contributed by atoms with E-state index in [4.69, 9.17) is 0 Å². The predicted molar refractivity (Wildman–Crippen MR) is 109 cm³/mol. The predicted octanol–water partition coefficient (Wildman–Crippen LogP) is 3.39. The summed E-state index contributed by atoms with van der Waals surface area (Å²) in [4.78, 5) is 37.9. The summed E-state index contributed by atoms with van der Waals surface area (Å²) in [6, 6.07) is 15.8. The number of hydrogen-bond acceptors (Lipinski definition) is 3. The van der Waals surface area contributed by atoms with Gasteiger partial charge in [0.2, 0.25) is 5.91 Å². The molecule has 0 saturated heterocycles. The minimum absolute atomic E-state index is 0.173. The van der Waals surface area contributed by atoms with Crippen LogP contribution in [0.3, 0.4) is 0 Å². The van der Waals surface area contributed by atoms with E-state index in [1.54, 1.807) is 19.1 Å². The molecule has 2 aromatic carbocycles. The standard InChI is InChI=1S/C23H25NO5/c1-15(13-18(22(26)27)12-11-16-7-3-2-4-8-16)21(25)24-19-10-6-5-9-17(19)14-20(24)23(28)29/h2-10,15,18,20H,11-14H2,1H3,(H,26,27)(H,28,29)/t15-,18-,20?/m1/s1. The van der Waals surface area contributed by atoms with Crippen molar-refractivity contribution < 1.29 is 24.6 Å². The first-order valence-electron chi connectivity index (χ1n) is 9.79. The smallest absolute Gasteiger partial charge is 0.327 e. The lowest BCUT2D eigenvalue weighted by molar-refractivity contribution is -0.143. The monoisotopic (exact) mass is 395 g/mol. The van der Waals surface area contributed by atoms with E-state index in [9.17, 15) is 24.6 Å². The number of aliphatic carboxylic acids is 2. The van der Waals surface area contributed by atoms with E-state index >= 15 is 0 Å². The molecular formula is C23H25NO5. The van der Waals surface area contributed by atoms with Crippen molar-refractivity contribution in [3.05, 3.63) is 65.7 Å². The molecular weight excluding hydrogens is 370 g/mol. The Morgan fingerprint density at radius 1 is 1.03 bits per heavy atom. The third-order valence-electron chi connectivity index (χ3n) is 5.53. The summed E-state index contributed by atoms with van der Waals surface area (Å²) < 4.78 is 0. The molecule has 152 valence electrons. The minimum Gasteiger partial charge on any atom is -0.481 e. The molecule has 1 unspecified atom stereocenters. The molecule has 0 aromatic heterocycles. The highest BCUT2D eigenvalue weighted by molar-refractivity contribution is 6.03. The van der Waals surface area contributed by atoms with Gasteiger partial charge in [0.25, 0.3) is 0 Å². The Hall–Kier alpha value is -3.15.